The number of carbonyl (C=O) groups excluding carboxylic acids is 1. The molecule has 0 fully saturated rings. The van der Waals surface area contributed by atoms with Gasteiger partial charge in [0.1, 0.15) is 0 Å². The summed E-state index contributed by atoms with van der Waals surface area (Å²) in [4.78, 5) is 12.3. The summed E-state index contributed by atoms with van der Waals surface area (Å²) in [6.07, 6.45) is 4.84. The Morgan fingerprint density at radius 1 is 1.68 bits per heavy atom. The predicted octanol–water partition coefficient (Wildman–Crippen LogP) is 1.17. The van der Waals surface area contributed by atoms with E-state index in [1.165, 1.54) is 0 Å². The van der Waals surface area contributed by atoms with Gasteiger partial charge in [0.05, 0.1) is 35.9 Å². The second-order valence-corrected chi connectivity index (χ2v) is 4.69. The van der Waals surface area contributed by atoms with Crippen molar-refractivity contribution in [2.24, 2.45) is 11.7 Å². The van der Waals surface area contributed by atoms with Crippen molar-refractivity contribution in [1.29, 1.82) is 0 Å². The lowest BCUT2D eigenvalue weighted by Crippen LogP contribution is -2.33. The van der Waals surface area contributed by atoms with Crippen molar-refractivity contribution in [1.82, 2.24) is 9.78 Å². The van der Waals surface area contributed by atoms with E-state index >= 15 is 0 Å². The number of nitrogens with zero attached hydrogens (tertiary/aromatic N) is 2. The summed E-state index contributed by atoms with van der Waals surface area (Å²) in [6, 6.07) is 0. The molecule has 1 aromatic heterocycles. The van der Waals surface area contributed by atoms with Gasteiger partial charge in [-0.15, -0.1) is 0 Å². The van der Waals surface area contributed by atoms with Crippen LogP contribution in [0.1, 0.15) is 19.8 Å². The number of thiocarbonyl (C=S) groups is 1. The number of amides is 1. The van der Waals surface area contributed by atoms with E-state index in [1.54, 1.807) is 24.2 Å². The molecular weight excluding hydrogens is 264 g/mol. The van der Waals surface area contributed by atoms with Gasteiger partial charge in [0.25, 0.3) is 0 Å². The van der Waals surface area contributed by atoms with E-state index in [0.717, 1.165) is 6.42 Å². The average Bonchev–Trinajstić information content (AvgIpc) is 2.80. The van der Waals surface area contributed by atoms with Crippen molar-refractivity contribution in [2.45, 2.75) is 26.3 Å². The molecule has 19 heavy (non-hydrogen) atoms. The van der Waals surface area contributed by atoms with Crippen LogP contribution in [-0.4, -0.2) is 34.4 Å². The van der Waals surface area contributed by atoms with Crippen LogP contribution in [0.5, 0.6) is 0 Å². The van der Waals surface area contributed by atoms with E-state index in [4.69, 9.17) is 22.7 Å². The van der Waals surface area contributed by atoms with Gasteiger partial charge in [-0.3, -0.25) is 9.48 Å². The highest BCUT2D eigenvalue weighted by molar-refractivity contribution is 7.80. The molecule has 0 radical (unpaired) electrons. The Morgan fingerprint density at radius 2 is 2.42 bits per heavy atom. The molecule has 0 spiro atoms. The van der Waals surface area contributed by atoms with Crippen LogP contribution in [0.2, 0.25) is 0 Å². The summed E-state index contributed by atoms with van der Waals surface area (Å²) in [6.45, 7) is 3.20. The quantitative estimate of drug-likeness (QED) is 0.700. The SMILES string of the molecule is CCCC(C(=O)Nc1cnn(CCOC)c1)C(N)=S. The van der Waals surface area contributed by atoms with Gasteiger partial charge in [0.2, 0.25) is 5.91 Å². The monoisotopic (exact) mass is 284 g/mol. The summed E-state index contributed by atoms with van der Waals surface area (Å²) in [5, 5.41) is 6.89. The van der Waals surface area contributed by atoms with Crippen molar-refractivity contribution in [3.63, 3.8) is 0 Å². The molecule has 0 aliphatic heterocycles. The number of hydrogen-bond acceptors (Lipinski definition) is 4. The third-order valence-electron chi connectivity index (χ3n) is 2.66. The average molecular weight is 284 g/mol. The summed E-state index contributed by atoms with van der Waals surface area (Å²) < 4.78 is 6.66. The molecule has 0 aliphatic carbocycles. The Hall–Kier alpha value is -1.47. The van der Waals surface area contributed by atoms with Crippen LogP contribution in [0, 0.1) is 5.92 Å². The fourth-order valence-corrected chi connectivity index (χ4v) is 1.88. The second-order valence-electron chi connectivity index (χ2n) is 4.22. The lowest BCUT2D eigenvalue weighted by molar-refractivity contribution is -0.118. The normalized spacial score (nSPS) is 12.1. The second kappa shape index (κ2) is 7.85. The van der Waals surface area contributed by atoms with Gasteiger partial charge in [0.15, 0.2) is 0 Å². The molecule has 7 heteroatoms. The number of methoxy groups -OCH3 is 1. The third-order valence-corrected chi connectivity index (χ3v) is 2.95. The zero-order chi connectivity index (χ0) is 14.3. The topological polar surface area (TPSA) is 82.2 Å². The molecule has 1 amide bonds. The largest absolute Gasteiger partial charge is 0.393 e. The third kappa shape index (κ3) is 4.96. The molecule has 106 valence electrons. The lowest BCUT2D eigenvalue weighted by Gasteiger charge is -2.13. The van der Waals surface area contributed by atoms with Crippen LogP contribution in [0.4, 0.5) is 5.69 Å². The summed E-state index contributed by atoms with van der Waals surface area (Å²) >= 11 is 4.92. The number of nitrogens with one attached hydrogen (secondary N) is 1. The van der Waals surface area contributed by atoms with E-state index in [1.807, 2.05) is 6.92 Å². The molecular formula is C12H20N4O2S. The zero-order valence-corrected chi connectivity index (χ0v) is 12.1. The fraction of sp³-hybridized carbons (Fsp3) is 0.583. The van der Waals surface area contributed by atoms with E-state index < -0.39 is 5.92 Å². The molecule has 1 unspecified atom stereocenters. The molecule has 1 rings (SSSR count). The molecule has 0 bridgehead atoms. The summed E-state index contributed by atoms with van der Waals surface area (Å²) in [5.74, 6) is -0.608. The van der Waals surface area contributed by atoms with E-state index in [9.17, 15) is 4.79 Å². The maximum atomic E-state index is 12.0. The van der Waals surface area contributed by atoms with Crippen LogP contribution in [0.25, 0.3) is 0 Å². The Bertz CT molecular complexity index is 433. The number of anilines is 1. The molecule has 0 aliphatic rings. The van der Waals surface area contributed by atoms with Gasteiger partial charge in [-0.2, -0.15) is 5.10 Å². The van der Waals surface area contributed by atoms with Gasteiger partial charge in [-0.1, -0.05) is 25.6 Å². The molecule has 6 nitrogen and oxygen atoms in total. The smallest absolute Gasteiger partial charge is 0.234 e. The zero-order valence-electron chi connectivity index (χ0n) is 11.3. The number of aromatic nitrogens is 2. The van der Waals surface area contributed by atoms with Gasteiger partial charge >= 0.3 is 0 Å². The van der Waals surface area contributed by atoms with Crippen molar-refractivity contribution < 1.29 is 9.53 Å². The number of carbonyl (C=O) groups is 1. The van der Waals surface area contributed by atoms with Crippen LogP contribution in [0.3, 0.4) is 0 Å². The van der Waals surface area contributed by atoms with Crippen LogP contribution in [0.15, 0.2) is 12.4 Å². The Morgan fingerprint density at radius 3 is 3.00 bits per heavy atom. The maximum Gasteiger partial charge on any atom is 0.234 e. The molecule has 3 N–H and O–H groups in total. The highest BCUT2D eigenvalue weighted by Gasteiger charge is 2.20. The Labute approximate surface area is 118 Å². The fourth-order valence-electron chi connectivity index (χ4n) is 1.66. The number of hydrogen-bond donors (Lipinski definition) is 2. The maximum absolute atomic E-state index is 12.0. The number of nitrogens with two attached hydrogens (primary N) is 1. The molecule has 0 aromatic carbocycles. The summed E-state index contributed by atoms with van der Waals surface area (Å²) in [5.41, 5.74) is 6.22. The highest BCUT2D eigenvalue weighted by Crippen LogP contribution is 2.12. The minimum absolute atomic E-state index is 0.180. The number of ether oxygens (including phenoxy) is 1. The summed E-state index contributed by atoms with van der Waals surface area (Å²) in [7, 11) is 1.63. The minimum atomic E-state index is -0.428. The van der Waals surface area contributed by atoms with Crippen molar-refractivity contribution in [3.8, 4) is 0 Å². The highest BCUT2D eigenvalue weighted by atomic mass is 32.1. The molecule has 1 heterocycles. The first-order chi connectivity index (χ1) is 9.08. The number of rotatable bonds is 8. The van der Waals surface area contributed by atoms with Crippen LogP contribution >= 0.6 is 12.2 Å². The minimum Gasteiger partial charge on any atom is -0.393 e. The first kappa shape index (κ1) is 15.6. The Balaban J connectivity index is 2.59. The lowest BCUT2D eigenvalue weighted by atomic mass is 10.0. The van der Waals surface area contributed by atoms with E-state index in [-0.39, 0.29) is 10.9 Å². The Kier molecular flexibility index (Phi) is 6.44. The van der Waals surface area contributed by atoms with Gasteiger partial charge in [0, 0.05) is 13.3 Å². The first-order valence-electron chi connectivity index (χ1n) is 6.20. The van der Waals surface area contributed by atoms with Crippen molar-refractivity contribution >= 4 is 28.8 Å². The van der Waals surface area contributed by atoms with Crippen LogP contribution < -0.4 is 11.1 Å². The molecule has 1 atom stereocenters. The van der Waals surface area contributed by atoms with Gasteiger partial charge in [-0.05, 0) is 6.42 Å². The van der Waals surface area contributed by atoms with Crippen molar-refractivity contribution in [2.75, 3.05) is 19.0 Å². The van der Waals surface area contributed by atoms with Crippen molar-refractivity contribution in [3.05, 3.63) is 12.4 Å². The van der Waals surface area contributed by atoms with Gasteiger partial charge in [-0.25, -0.2) is 0 Å². The molecule has 1 aromatic rings. The molecule has 0 saturated carbocycles. The van der Waals surface area contributed by atoms with E-state index in [0.29, 0.717) is 25.3 Å². The van der Waals surface area contributed by atoms with Crippen LogP contribution in [-0.2, 0) is 16.1 Å². The van der Waals surface area contributed by atoms with E-state index in [2.05, 4.69) is 10.4 Å². The predicted molar refractivity (Wildman–Crippen MR) is 77.9 cm³/mol. The van der Waals surface area contributed by atoms with Gasteiger partial charge < -0.3 is 15.8 Å². The molecule has 0 saturated heterocycles. The standard InChI is InChI=1S/C12H20N4O2S/c1-3-4-10(11(13)19)12(17)15-9-7-14-16(8-9)5-6-18-2/h7-8,10H,3-6H2,1-2H3,(H2,13,19)(H,15,17). The first-order valence-corrected chi connectivity index (χ1v) is 6.60.